The van der Waals surface area contributed by atoms with Crippen LogP contribution in [0.2, 0.25) is 0 Å². The standard InChI is InChI=1S/C11H12N2O5/c12-3-11(4-16-5-11)7-1-8(13(14)15)10-9(2-7)17-6-18-10/h1-2H,3-6,12H2. The van der Waals surface area contributed by atoms with E-state index in [0.717, 1.165) is 5.56 Å². The van der Waals surface area contributed by atoms with Crippen LogP contribution in [0, 0.1) is 10.1 Å². The second-order valence-corrected chi connectivity index (χ2v) is 4.46. The molecular formula is C11H12N2O5. The van der Waals surface area contributed by atoms with E-state index in [1.807, 2.05) is 0 Å². The van der Waals surface area contributed by atoms with Gasteiger partial charge in [0, 0.05) is 12.6 Å². The van der Waals surface area contributed by atoms with E-state index in [1.54, 1.807) is 6.07 Å². The molecule has 0 saturated carbocycles. The highest BCUT2D eigenvalue weighted by atomic mass is 16.7. The fraction of sp³-hybridized carbons (Fsp3) is 0.455. The molecule has 0 spiro atoms. The lowest BCUT2D eigenvalue weighted by atomic mass is 9.78. The first kappa shape index (κ1) is 11.2. The summed E-state index contributed by atoms with van der Waals surface area (Å²) in [6.45, 7) is 1.33. The molecule has 0 amide bonds. The number of hydrogen-bond acceptors (Lipinski definition) is 6. The molecule has 2 aliphatic rings. The van der Waals surface area contributed by atoms with Crippen molar-refractivity contribution < 1.29 is 19.1 Å². The highest BCUT2D eigenvalue weighted by molar-refractivity contribution is 5.60. The third-order valence-corrected chi connectivity index (χ3v) is 3.41. The minimum Gasteiger partial charge on any atom is -0.453 e. The third kappa shape index (κ3) is 1.44. The summed E-state index contributed by atoms with van der Waals surface area (Å²) >= 11 is 0. The van der Waals surface area contributed by atoms with E-state index < -0.39 is 4.92 Å². The number of rotatable bonds is 3. The molecule has 2 N–H and O–H groups in total. The SMILES string of the molecule is NCC1(c2cc3c(c([N+](=O)[O-])c2)OCO3)COC1. The molecule has 0 aromatic heterocycles. The molecule has 0 radical (unpaired) electrons. The summed E-state index contributed by atoms with van der Waals surface area (Å²) in [7, 11) is 0. The normalized spacial score (nSPS) is 19.4. The molecule has 2 aliphatic heterocycles. The predicted octanol–water partition coefficient (Wildman–Crippen LogP) is 0.550. The van der Waals surface area contributed by atoms with Gasteiger partial charge in [-0.1, -0.05) is 0 Å². The Morgan fingerprint density at radius 2 is 2.17 bits per heavy atom. The zero-order valence-corrected chi connectivity index (χ0v) is 9.55. The van der Waals surface area contributed by atoms with Crippen LogP contribution in [0.3, 0.4) is 0 Å². The van der Waals surface area contributed by atoms with Crippen molar-refractivity contribution in [3.8, 4) is 11.5 Å². The van der Waals surface area contributed by atoms with Crippen molar-refractivity contribution in [1.82, 2.24) is 0 Å². The van der Waals surface area contributed by atoms with Crippen LogP contribution in [0.15, 0.2) is 12.1 Å². The third-order valence-electron chi connectivity index (χ3n) is 3.41. The van der Waals surface area contributed by atoms with E-state index in [0.29, 0.717) is 25.5 Å². The Morgan fingerprint density at radius 3 is 2.72 bits per heavy atom. The van der Waals surface area contributed by atoms with E-state index in [9.17, 15) is 10.1 Å². The number of nitrogens with two attached hydrogens (primary N) is 1. The smallest absolute Gasteiger partial charge is 0.315 e. The maximum absolute atomic E-state index is 11.0. The van der Waals surface area contributed by atoms with Crippen LogP contribution in [-0.2, 0) is 10.2 Å². The van der Waals surface area contributed by atoms with Gasteiger partial charge < -0.3 is 19.9 Å². The van der Waals surface area contributed by atoms with Gasteiger partial charge in [0.05, 0.1) is 23.6 Å². The van der Waals surface area contributed by atoms with Gasteiger partial charge in [0.2, 0.25) is 12.5 Å². The second-order valence-electron chi connectivity index (χ2n) is 4.46. The van der Waals surface area contributed by atoms with Gasteiger partial charge >= 0.3 is 5.69 Å². The molecule has 0 atom stereocenters. The molecule has 3 rings (SSSR count). The van der Waals surface area contributed by atoms with Crippen molar-refractivity contribution in [2.24, 2.45) is 5.73 Å². The monoisotopic (exact) mass is 252 g/mol. The van der Waals surface area contributed by atoms with Crippen molar-refractivity contribution in [3.05, 3.63) is 27.8 Å². The van der Waals surface area contributed by atoms with Gasteiger partial charge in [-0.05, 0) is 11.6 Å². The summed E-state index contributed by atoms with van der Waals surface area (Å²) in [5, 5.41) is 11.0. The summed E-state index contributed by atoms with van der Waals surface area (Å²) in [4.78, 5) is 10.6. The van der Waals surface area contributed by atoms with Crippen LogP contribution in [0.25, 0.3) is 0 Å². The van der Waals surface area contributed by atoms with Crippen molar-refractivity contribution in [2.75, 3.05) is 26.6 Å². The summed E-state index contributed by atoms with van der Waals surface area (Å²) in [5.41, 5.74) is 6.10. The highest BCUT2D eigenvalue weighted by Crippen LogP contribution is 2.45. The Morgan fingerprint density at radius 1 is 1.39 bits per heavy atom. The molecule has 0 aliphatic carbocycles. The minimum absolute atomic E-state index is 0.00571. The first-order valence-corrected chi connectivity index (χ1v) is 5.53. The molecule has 1 aromatic rings. The van der Waals surface area contributed by atoms with Gasteiger partial charge in [0.1, 0.15) is 0 Å². The lowest BCUT2D eigenvalue weighted by molar-refractivity contribution is -0.385. The van der Waals surface area contributed by atoms with Crippen molar-refractivity contribution in [3.63, 3.8) is 0 Å². The molecule has 2 heterocycles. The maximum Gasteiger partial charge on any atom is 0.315 e. The van der Waals surface area contributed by atoms with Crippen LogP contribution in [0.1, 0.15) is 5.56 Å². The molecular weight excluding hydrogens is 240 g/mol. The van der Waals surface area contributed by atoms with Crippen LogP contribution in [0.4, 0.5) is 5.69 Å². The maximum atomic E-state index is 11.0. The van der Waals surface area contributed by atoms with Gasteiger partial charge in [-0.2, -0.15) is 0 Å². The first-order chi connectivity index (χ1) is 8.66. The van der Waals surface area contributed by atoms with E-state index in [2.05, 4.69) is 0 Å². The quantitative estimate of drug-likeness (QED) is 0.623. The molecule has 1 aromatic carbocycles. The summed E-state index contributed by atoms with van der Waals surface area (Å²) in [5.74, 6) is 0.593. The average Bonchev–Trinajstić information content (AvgIpc) is 2.75. The Balaban J connectivity index is 2.12. The number of nitrogens with zero attached hydrogens (tertiary/aromatic N) is 1. The second kappa shape index (κ2) is 3.82. The van der Waals surface area contributed by atoms with Crippen molar-refractivity contribution in [2.45, 2.75) is 5.41 Å². The van der Waals surface area contributed by atoms with E-state index >= 15 is 0 Å². The van der Waals surface area contributed by atoms with Gasteiger partial charge in [-0.3, -0.25) is 10.1 Å². The number of nitro groups is 1. The topological polar surface area (TPSA) is 96.9 Å². The lowest BCUT2D eigenvalue weighted by Crippen LogP contribution is -2.52. The van der Waals surface area contributed by atoms with Gasteiger partial charge in [0.25, 0.3) is 0 Å². The molecule has 7 heteroatoms. The minimum atomic E-state index is -0.471. The fourth-order valence-corrected chi connectivity index (χ4v) is 2.18. The summed E-state index contributed by atoms with van der Waals surface area (Å²) in [6, 6.07) is 3.26. The van der Waals surface area contributed by atoms with E-state index in [-0.39, 0.29) is 23.6 Å². The van der Waals surface area contributed by atoms with Crippen molar-refractivity contribution in [1.29, 1.82) is 0 Å². The molecule has 18 heavy (non-hydrogen) atoms. The Hall–Kier alpha value is -1.86. The predicted molar refractivity (Wildman–Crippen MR) is 60.8 cm³/mol. The number of benzene rings is 1. The Labute approximate surface area is 103 Å². The molecule has 7 nitrogen and oxygen atoms in total. The van der Waals surface area contributed by atoms with Gasteiger partial charge in [-0.15, -0.1) is 0 Å². The fourth-order valence-electron chi connectivity index (χ4n) is 2.18. The van der Waals surface area contributed by atoms with Gasteiger partial charge in [-0.25, -0.2) is 0 Å². The molecule has 1 saturated heterocycles. The number of hydrogen-bond donors (Lipinski definition) is 1. The van der Waals surface area contributed by atoms with Crippen LogP contribution < -0.4 is 15.2 Å². The largest absolute Gasteiger partial charge is 0.453 e. The van der Waals surface area contributed by atoms with Gasteiger partial charge in [0.15, 0.2) is 5.75 Å². The van der Waals surface area contributed by atoms with E-state index in [4.69, 9.17) is 19.9 Å². The van der Waals surface area contributed by atoms with E-state index in [1.165, 1.54) is 6.07 Å². The zero-order chi connectivity index (χ0) is 12.8. The summed E-state index contributed by atoms with van der Waals surface area (Å²) in [6.07, 6.45) is 0. The number of nitro benzene ring substituents is 1. The molecule has 0 bridgehead atoms. The Kier molecular flexibility index (Phi) is 2.39. The lowest BCUT2D eigenvalue weighted by Gasteiger charge is -2.40. The highest BCUT2D eigenvalue weighted by Gasteiger charge is 2.42. The van der Waals surface area contributed by atoms with Crippen LogP contribution in [0.5, 0.6) is 11.5 Å². The molecule has 0 unspecified atom stereocenters. The Bertz CT molecular complexity index is 507. The zero-order valence-electron chi connectivity index (χ0n) is 9.55. The number of fused-ring (bicyclic) bond motifs is 1. The first-order valence-electron chi connectivity index (χ1n) is 5.53. The van der Waals surface area contributed by atoms with Crippen LogP contribution in [-0.4, -0.2) is 31.5 Å². The number of ether oxygens (including phenoxy) is 3. The molecule has 96 valence electrons. The summed E-state index contributed by atoms with van der Waals surface area (Å²) < 4.78 is 15.5. The molecule has 1 fully saturated rings. The average molecular weight is 252 g/mol. The van der Waals surface area contributed by atoms with Crippen LogP contribution >= 0.6 is 0 Å². The van der Waals surface area contributed by atoms with Crippen molar-refractivity contribution >= 4 is 5.69 Å².